The number of nitrogens with zero attached hydrogens (tertiary/aromatic N) is 7. The Morgan fingerprint density at radius 1 is 1.08 bits per heavy atom. The number of aromatic nitrogens is 7. The molecule has 120 valence electrons. The number of tetrazole rings is 1. The molecule has 0 aliphatic carbocycles. The summed E-state index contributed by atoms with van der Waals surface area (Å²) in [7, 11) is 0. The Kier molecular flexibility index (Phi) is 4.01. The van der Waals surface area contributed by atoms with Crippen molar-refractivity contribution in [3.05, 3.63) is 47.8 Å². The van der Waals surface area contributed by atoms with Crippen LogP contribution in [0.2, 0.25) is 0 Å². The van der Waals surface area contributed by atoms with Gasteiger partial charge in [0, 0.05) is 6.54 Å². The van der Waals surface area contributed by atoms with Crippen LogP contribution in [0.15, 0.2) is 45.8 Å². The van der Waals surface area contributed by atoms with Crippen molar-refractivity contribution in [2.45, 2.75) is 15.9 Å². The fourth-order valence-corrected chi connectivity index (χ4v) is 3.53. The molecule has 0 aliphatic rings. The number of hydrogen-bond donors (Lipinski definition) is 1. The summed E-state index contributed by atoms with van der Waals surface area (Å²) in [5, 5.41) is 28.1. The number of rotatable bonds is 5. The van der Waals surface area contributed by atoms with Gasteiger partial charge in [-0.1, -0.05) is 23.5 Å². The van der Waals surface area contributed by atoms with Crippen molar-refractivity contribution in [3.8, 4) is 0 Å². The van der Waals surface area contributed by atoms with Gasteiger partial charge in [0.1, 0.15) is 10.8 Å². The third kappa shape index (κ3) is 3.31. The largest absolute Gasteiger partial charge is 0.356 e. The number of hydrogen-bond acceptors (Lipinski definition) is 9. The molecule has 1 N–H and O–H groups in total. The summed E-state index contributed by atoms with van der Waals surface area (Å²) in [6, 6.07) is 9.92. The first-order valence-electron chi connectivity index (χ1n) is 6.81. The van der Waals surface area contributed by atoms with Crippen LogP contribution < -0.4 is 5.32 Å². The van der Waals surface area contributed by atoms with Crippen LogP contribution in [0.25, 0.3) is 5.65 Å². The lowest BCUT2D eigenvalue weighted by atomic mass is 10.2. The summed E-state index contributed by atoms with van der Waals surface area (Å²) < 4.78 is 15.0. The van der Waals surface area contributed by atoms with E-state index >= 15 is 0 Å². The molecule has 11 heteroatoms. The van der Waals surface area contributed by atoms with E-state index in [1.807, 2.05) is 6.07 Å². The van der Waals surface area contributed by atoms with Crippen molar-refractivity contribution in [1.29, 1.82) is 0 Å². The highest BCUT2D eigenvalue weighted by molar-refractivity contribution is 8.01. The molecule has 3 heterocycles. The zero-order valence-corrected chi connectivity index (χ0v) is 13.6. The second kappa shape index (κ2) is 6.45. The van der Waals surface area contributed by atoms with Crippen LogP contribution in [0.3, 0.4) is 0 Å². The smallest absolute Gasteiger partial charge is 0.206 e. The predicted octanol–water partition coefficient (Wildman–Crippen LogP) is 2.27. The fraction of sp³-hybridized carbons (Fsp3) is 0.0769. The second-order valence-electron chi connectivity index (χ2n) is 4.65. The number of halogens is 1. The topological polar surface area (TPSA) is 93.8 Å². The molecule has 4 rings (SSSR count). The lowest BCUT2D eigenvalue weighted by Gasteiger charge is -2.01. The van der Waals surface area contributed by atoms with Gasteiger partial charge in [0.2, 0.25) is 5.13 Å². The fourth-order valence-electron chi connectivity index (χ4n) is 1.88. The Balaban J connectivity index is 1.41. The lowest BCUT2D eigenvalue weighted by Crippen LogP contribution is -1.98. The summed E-state index contributed by atoms with van der Waals surface area (Å²) in [6.07, 6.45) is 0. The normalized spacial score (nSPS) is 11.0. The molecule has 0 amide bonds. The molecule has 1 aromatic carbocycles. The standard InChI is InChI=1S/C13H9FN8S2/c14-9-3-1-8(2-4-9)7-15-12-17-18-13(24-12)23-11-6-5-10-16-20-21-22(10)19-11/h1-6H,7H2,(H,15,17). The Labute approximate surface area is 143 Å². The second-order valence-corrected chi connectivity index (χ2v) is 6.90. The molecule has 0 aliphatic heterocycles. The summed E-state index contributed by atoms with van der Waals surface area (Å²) in [5.41, 5.74) is 1.55. The minimum atomic E-state index is -0.250. The maximum Gasteiger partial charge on any atom is 0.206 e. The minimum Gasteiger partial charge on any atom is -0.356 e. The quantitative estimate of drug-likeness (QED) is 0.579. The van der Waals surface area contributed by atoms with Crippen molar-refractivity contribution >= 4 is 33.9 Å². The molecule has 4 aromatic rings. The Bertz CT molecular complexity index is 967. The Morgan fingerprint density at radius 2 is 1.96 bits per heavy atom. The number of anilines is 1. The third-order valence-corrected chi connectivity index (χ3v) is 4.86. The molecule has 0 radical (unpaired) electrons. The number of fused-ring (bicyclic) bond motifs is 1. The Morgan fingerprint density at radius 3 is 2.83 bits per heavy atom. The van der Waals surface area contributed by atoms with E-state index in [1.54, 1.807) is 18.2 Å². The summed E-state index contributed by atoms with van der Waals surface area (Å²) in [4.78, 5) is 0. The van der Waals surface area contributed by atoms with E-state index in [1.165, 1.54) is 39.9 Å². The molecule has 24 heavy (non-hydrogen) atoms. The number of nitrogens with one attached hydrogen (secondary N) is 1. The van der Waals surface area contributed by atoms with Gasteiger partial charge in [-0.2, -0.15) is 0 Å². The van der Waals surface area contributed by atoms with E-state index in [0.717, 1.165) is 14.9 Å². The molecule has 0 fully saturated rings. The molecule has 0 atom stereocenters. The van der Waals surface area contributed by atoms with Crippen LogP contribution in [0.4, 0.5) is 9.52 Å². The molecule has 0 bridgehead atoms. The van der Waals surface area contributed by atoms with Crippen molar-refractivity contribution < 1.29 is 4.39 Å². The van der Waals surface area contributed by atoms with E-state index in [0.29, 0.717) is 17.3 Å². The summed E-state index contributed by atoms with van der Waals surface area (Å²) in [5.74, 6) is -0.250. The van der Waals surface area contributed by atoms with Gasteiger partial charge >= 0.3 is 0 Å². The Hall–Kier alpha value is -2.66. The maximum absolute atomic E-state index is 12.9. The predicted molar refractivity (Wildman–Crippen MR) is 86.3 cm³/mol. The van der Waals surface area contributed by atoms with Gasteiger partial charge < -0.3 is 5.32 Å². The molecule has 0 saturated carbocycles. The highest BCUT2D eigenvalue weighted by Crippen LogP contribution is 2.30. The van der Waals surface area contributed by atoms with Gasteiger partial charge in [-0.05, 0) is 52.0 Å². The van der Waals surface area contributed by atoms with E-state index in [2.05, 4.69) is 36.1 Å². The van der Waals surface area contributed by atoms with Crippen LogP contribution in [0.5, 0.6) is 0 Å². The first kappa shape index (κ1) is 14.9. The average molecular weight is 360 g/mol. The molecule has 0 unspecified atom stereocenters. The van der Waals surface area contributed by atoms with Crippen LogP contribution in [0, 0.1) is 5.82 Å². The van der Waals surface area contributed by atoms with Crippen LogP contribution in [-0.2, 0) is 6.54 Å². The monoisotopic (exact) mass is 360 g/mol. The van der Waals surface area contributed by atoms with Gasteiger partial charge in [0.15, 0.2) is 9.99 Å². The zero-order chi connectivity index (χ0) is 16.4. The van der Waals surface area contributed by atoms with Crippen molar-refractivity contribution in [2.24, 2.45) is 0 Å². The van der Waals surface area contributed by atoms with Crippen LogP contribution in [-0.4, -0.2) is 35.5 Å². The summed E-state index contributed by atoms with van der Waals surface area (Å²) >= 11 is 2.79. The zero-order valence-electron chi connectivity index (χ0n) is 12.0. The van der Waals surface area contributed by atoms with Crippen molar-refractivity contribution in [1.82, 2.24) is 35.5 Å². The van der Waals surface area contributed by atoms with Crippen molar-refractivity contribution in [3.63, 3.8) is 0 Å². The van der Waals surface area contributed by atoms with E-state index in [-0.39, 0.29) is 5.82 Å². The molecule has 8 nitrogen and oxygen atoms in total. The highest BCUT2D eigenvalue weighted by atomic mass is 32.2. The first-order chi connectivity index (χ1) is 11.8. The van der Waals surface area contributed by atoms with Gasteiger partial charge in [-0.15, -0.1) is 25.0 Å². The SMILES string of the molecule is Fc1ccc(CNc2nnc(Sc3ccc4nnnn4n3)s2)cc1. The highest BCUT2D eigenvalue weighted by Gasteiger charge is 2.08. The average Bonchev–Trinajstić information content (AvgIpc) is 3.23. The molecule has 0 spiro atoms. The molecule has 0 saturated heterocycles. The van der Waals surface area contributed by atoms with Crippen LogP contribution in [0.1, 0.15) is 5.56 Å². The van der Waals surface area contributed by atoms with Gasteiger partial charge in [-0.25, -0.2) is 4.39 Å². The van der Waals surface area contributed by atoms with E-state index in [9.17, 15) is 4.39 Å². The van der Waals surface area contributed by atoms with Gasteiger partial charge in [0.25, 0.3) is 0 Å². The minimum absolute atomic E-state index is 0.250. The summed E-state index contributed by atoms with van der Waals surface area (Å²) in [6.45, 7) is 0.550. The van der Waals surface area contributed by atoms with Crippen LogP contribution >= 0.6 is 23.1 Å². The number of benzene rings is 1. The van der Waals surface area contributed by atoms with E-state index in [4.69, 9.17) is 0 Å². The molecular weight excluding hydrogens is 351 g/mol. The first-order valence-corrected chi connectivity index (χ1v) is 8.45. The van der Waals surface area contributed by atoms with E-state index < -0.39 is 0 Å². The molecule has 3 aromatic heterocycles. The van der Waals surface area contributed by atoms with Gasteiger partial charge in [-0.3, -0.25) is 0 Å². The molecular formula is C13H9FN8S2. The third-order valence-electron chi connectivity index (χ3n) is 3.00. The van der Waals surface area contributed by atoms with Gasteiger partial charge in [0.05, 0.1) is 0 Å². The maximum atomic E-state index is 12.9. The lowest BCUT2D eigenvalue weighted by molar-refractivity contribution is 0.627. The van der Waals surface area contributed by atoms with Crippen molar-refractivity contribution in [2.75, 3.05) is 5.32 Å².